The molecular weight excluding hydrogens is 262 g/mol. The smallest absolute Gasteiger partial charge is 0.203 e. The molecule has 0 aromatic heterocycles. The van der Waals surface area contributed by atoms with Gasteiger partial charge in [-0.25, -0.2) is 4.72 Å². The van der Waals surface area contributed by atoms with E-state index in [-0.39, 0.29) is 6.04 Å². The summed E-state index contributed by atoms with van der Waals surface area (Å²) in [6.45, 7) is 1.87. The van der Waals surface area contributed by atoms with Gasteiger partial charge in [0.05, 0.1) is 0 Å². The normalized spacial score (nSPS) is 22.2. The van der Waals surface area contributed by atoms with E-state index in [9.17, 15) is 9.11 Å². The number of hydrogen-bond donors (Lipinski definition) is 3. The summed E-state index contributed by atoms with van der Waals surface area (Å²) in [6.07, 6.45) is 0. The van der Waals surface area contributed by atoms with Crippen LogP contribution in [-0.4, -0.2) is 9.11 Å². The van der Waals surface area contributed by atoms with Gasteiger partial charge in [0.1, 0.15) is 0 Å². The van der Waals surface area contributed by atoms with Crippen molar-refractivity contribution in [3.63, 3.8) is 0 Å². The number of hydrogen-bond acceptors (Lipinski definition) is 4. The van der Waals surface area contributed by atoms with Gasteiger partial charge in [-0.2, -0.15) is 0 Å². The van der Waals surface area contributed by atoms with Crippen LogP contribution in [0.2, 0.25) is 0 Å². The van der Waals surface area contributed by atoms with Gasteiger partial charge in [0.25, 0.3) is 0 Å². The zero-order chi connectivity index (χ0) is 13.5. The van der Waals surface area contributed by atoms with Gasteiger partial charge in [-0.1, -0.05) is 42.5 Å². The Morgan fingerprint density at radius 1 is 1.21 bits per heavy atom. The second-order valence-corrected chi connectivity index (χ2v) is 5.83. The molecule has 19 heavy (non-hydrogen) atoms. The maximum atomic E-state index is 9.76. The summed E-state index contributed by atoms with van der Waals surface area (Å²) in [7, 11) is 0. The minimum atomic E-state index is -3.23. The molecule has 0 bridgehead atoms. The van der Waals surface area contributed by atoms with Crippen molar-refractivity contribution in [3.8, 4) is 16.9 Å². The summed E-state index contributed by atoms with van der Waals surface area (Å²) in [5.74, 6) is 0.528. The fraction of sp³-hybridized carbons (Fsp3) is 0.143. The molecule has 3 N–H and O–H groups in total. The van der Waals surface area contributed by atoms with Gasteiger partial charge in [-0.3, -0.25) is 9.11 Å². The number of nitrogens with one attached hydrogen (secondary N) is 1. The van der Waals surface area contributed by atoms with E-state index in [2.05, 4.69) is 10.8 Å². The van der Waals surface area contributed by atoms with E-state index in [1.807, 2.05) is 49.4 Å². The minimum Gasteiger partial charge on any atom is -0.391 e. The number of fused-ring (bicyclic) bond motifs is 1. The van der Waals surface area contributed by atoms with Gasteiger partial charge >= 0.3 is 0 Å². The lowest BCUT2D eigenvalue weighted by molar-refractivity contribution is 0.343. The van der Waals surface area contributed by atoms with Crippen LogP contribution >= 0.6 is 11.1 Å². The second-order valence-electron chi connectivity index (χ2n) is 4.43. The Bertz CT molecular complexity index is 601. The van der Waals surface area contributed by atoms with Crippen molar-refractivity contribution in [1.29, 1.82) is 0 Å². The van der Waals surface area contributed by atoms with E-state index in [0.717, 1.165) is 16.7 Å². The maximum absolute atomic E-state index is 9.76. The molecule has 0 saturated carbocycles. The monoisotopic (exact) mass is 276 g/mol. The molecular formula is C14H14NO3S. The van der Waals surface area contributed by atoms with Crippen molar-refractivity contribution >= 4 is 11.1 Å². The third-order valence-electron chi connectivity index (χ3n) is 3.07. The van der Waals surface area contributed by atoms with Gasteiger partial charge in [0, 0.05) is 17.2 Å². The third-order valence-corrected chi connectivity index (χ3v) is 4.13. The number of rotatable bonds is 1. The lowest BCUT2D eigenvalue weighted by Gasteiger charge is -2.37. The van der Waals surface area contributed by atoms with Gasteiger partial charge in [-0.15, -0.1) is 0 Å². The molecule has 1 heterocycles. The van der Waals surface area contributed by atoms with E-state index in [1.54, 1.807) is 0 Å². The highest BCUT2D eigenvalue weighted by molar-refractivity contribution is 8.18. The molecule has 1 radical (unpaired) electrons. The molecule has 0 amide bonds. The first kappa shape index (κ1) is 12.5. The van der Waals surface area contributed by atoms with E-state index in [0.29, 0.717) is 5.75 Å². The quantitative estimate of drug-likeness (QED) is 0.742. The Morgan fingerprint density at radius 2 is 1.95 bits per heavy atom. The predicted molar refractivity (Wildman–Crippen MR) is 75.7 cm³/mol. The number of benzene rings is 2. The van der Waals surface area contributed by atoms with Crippen molar-refractivity contribution in [3.05, 3.63) is 54.1 Å². The fourth-order valence-electron chi connectivity index (χ4n) is 2.22. The topological polar surface area (TPSA) is 61.7 Å². The van der Waals surface area contributed by atoms with Crippen LogP contribution in [0.15, 0.2) is 42.5 Å². The van der Waals surface area contributed by atoms with Crippen LogP contribution < -0.4 is 8.91 Å². The van der Waals surface area contributed by atoms with E-state index < -0.39 is 11.1 Å². The first-order valence-corrected chi connectivity index (χ1v) is 7.38. The average Bonchev–Trinajstić information content (AvgIpc) is 2.38. The minimum absolute atomic E-state index is 0.177. The van der Waals surface area contributed by atoms with Gasteiger partial charge in [0.2, 0.25) is 11.1 Å². The molecule has 5 heteroatoms. The summed E-state index contributed by atoms with van der Waals surface area (Å²) in [4.78, 5) is 0. The van der Waals surface area contributed by atoms with Crippen molar-refractivity contribution < 1.29 is 13.3 Å². The Morgan fingerprint density at radius 3 is 2.68 bits per heavy atom. The third kappa shape index (κ3) is 2.33. The molecule has 1 unspecified atom stereocenters. The van der Waals surface area contributed by atoms with Crippen LogP contribution in [0.5, 0.6) is 5.75 Å². The predicted octanol–water partition coefficient (Wildman–Crippen LogP) is 3.78. The Labute approximate surface area is 113 Å². The van der Waals surface area contributed by atoms with Crippen LogP contribution in [0, 0.1) is 6.07 Å². The summed E-state index contributed by atoms with van der Waals surface area (Å²) < 4.78 is 27.5. The fourth-order valence-corrected chi connectivity index (χ4v) is 3.27. The van der Waals surface area contributed by atoms with Crippen molar-refractivity contribution in [2.45, 2.75) is 13.0 Å². The number of para-hydroxylation sites is 1. The standard InChI is InChI=1S/C14H14NO3S/c1-10-12-8-5-9-13(11-6-3-2-4-7-11)14(12)18-19(16,17)15-10/h3-10,15-17H,1H3. The first-order chi connectivity index (χ1) is 9.07. The Balaban J connectivity index is 2.16. The van der Waals surface area contributed by atoms with Crippen LogP contribution in [0.4, 0.5) is 0 Å². The molecule has 1 aliphatic rings. The highest BCUT2D eigenvalue weighted by atomic mass is 32.3. The zero-order valence-electron chi connectivity index (χ0n) is 10.3. The van der Waals surface area contributed by atoms with Gasteiger partial charge < -0.3 is 4.18 Å². The highest BCUT2D eigenvalue weighted by Crippen LogP contribution is 2.50. The SMILES string of the molecule is CC1NS(O)(O)Oc2c(-c3cc[c]cc3)cccc21. The summed E-state index contributed by atoms with van der Waals surface area (Å²) >= 11 is -3.23. The molecule has 2 aromatic rings. The molecule has 99 valence electrons. The average molecular weight is 276 g/mol. The largest absolute Gasteiger partial charge is 0.391 e. The molecule has 0 fully saturated rings. The molecule has 2 aromatic carbocycles. The van der Waals surface area contributed by atoms with E-state index in [4.69, 9.17) is 4.18 Å². The van der Waals surface area contributed by atoms with Crippen molar-refractivity contribution in [2.24, 2.45) is 0 Å². The molecule has 1 atom stereocenters. The molecule has 0 spiro atoms. The molecule has 0 aliphatic carbocycles. The summed E-state index contributed by atoms with van der Waals surface area (Å²) in [6, 6.07) is 16.0. The Kier molecular flexibility index (Phi) is 2.99. The van der Waals surface area contributed by atoms with Crippen molar-refractivity contribution in [2.75, 3.05) is 0 Å². The van der Waals surface area contributed by atoms with Crippen LogP contribution in [0.3, 0.4) is 0 Å². The van der Waals surface area contributed by atoms with Crippen LogP contribution in [0.25, 0.3) is 11.1 Å². The summed E-state index contributed by atoms with van der Waals surface area (Å²) in [5.41, 5.74) is 2.72. The molecule has 0 saturated heterocycles. The highest BCUT2D eigenvalue weighted by Gasteiger charge is 2.32. The summed E-state index contributed by atoms with van der Waals surface area (Å²) in [5, 5.41) is 0. The maximum Gasteiger partial charge on any atom is 0.203 e. The Hall–Kier alpha value is -1.53. The van der Waals surface area contributed by atoms with E-state index >= 15 is 0 Å². The molecule has 1 aliphatic heterocycles. The van der Waals surface area contributed by atoms with Gasteiger partial charge in [-0.05, 0) is 18.6 Å². The molecule has 3 rings (SSSR count). The lowest BCUT2D eigenvalue weighted by atomic mass is 9.99. The molecule has 4 nitrogen and oxygen atoms in total. The van der Waals surface area contributed by atoms with Crippen molar-refractivity contribution in [1.82, 2.24) is 4.72 Å². The lowest BCUT2D eigenvalue weighted by Crippen LogP contribution is -2.31. The van der Waals surface area contributed by atoms with E-state index in [1.165, 1.54) is 0 Å². The first-order valence-electron chi connectivity index (χ1n) is 5.91. The zero-order valence-corrected chi connectivity index (χ0v) is 11.1. The van der Waals surface area contributed by atoms with Crippen LogP contribution in [0.1, 0.15) is 18.5 Å². The second kappa shape index (κ2) is 4.54. The van der Waals surface area contributed by atoms with Crippen LogP contribution in [-0.2, 0) is 0 Å². The van der Waals surface area contributed by atoms with Gasteiger partial charge in [0.15, 0.2) is 5.75 Å².